The Morgan fingerprint density at radius 1 is 1.50 bits per heavy atom. The van der Waals surface area contributed by atoms with Crippen molar-refractivity contribution < 1.29 is 4.79 Å². The second-order valence-corrected chi connectivity index (χ2v) is 1.67. The normalized spacial score (nSPS) is 8.25. The molecular weight excluding hydrogens is 152 g/mol. The van der Waals surface area contributed by atoms with Gasteiger partial charge in [0.2, 0.25) is 5.91 Å². The fourth-order valence-electron chi connectivity index (χ4n) is 0.401. The first-order valence-corrected chi connectivity index (χ1v) is 3.77. The molecule has 0 spiro atoms. The quantitative estimate of drug-likeness (QED) is 0.642. The topological polar surface area (TPSA) is 41.5 Å². The number of nitrogens with zero attached hydrogens (tertiary/aromatic N) is 1. The summed E-state index contributed by atoms with van der Waals surface area (Å²) in [6.07, 6.45) is 2.79. The summed E-state index contributed by atoms with van der Waals surface area (Å²) in [5, 5.41) is 2.45. The number of hydrogen-bond donors (Lipinski definition) is 1. The van der Waals surface area contributed by atoms with Crippen LogP contribution in [-0.2, 0) is 4.79 Å². The largest absolute Gasteiger partial charge is 0.325 e. The zero-order valence-corrected chi connectivity index (χ0v) is 7.92. The minimum Gasteiger partial charge on any atom is -0.325 e. The number of aliphatic imine (C=N–C) groups is 1. The van der Waals surface area contributed by atoms with Crippen LogP contribution in [0.4, 0.5) is 0 Å². The molecule has 0 aromatic heterocycles. The molecule has 1 amide bonds. The molecule has 0 aliphatic rings. The van der Waals surface area contributed by atoms with Crippen molar-refractivity contribution in [3.8, 4) is 0 Å². The van der Waals surface area contributed by atoms with Crippen LogP contribution in [0.3, 0.4) is 0 Å². The summed E-state index contributed by atoms with van der Waals surface area (Å²) in [7, 11) is 0. The molecule has 0 heterocycles. The third kappa shape index (κ3) is 11.4. The third-order valence-corrected chi connectivity index (χ3v) is 0.672. The van der Waals surface area contributed by atoms with E-state index in [9.17, 15) is 4.79 Å². The van der Waals surface area contributed by atoms with Crippen LogP contribution in [0.15, 0.2) is 30.0 Å². The number of carbonyl (C=O) groups excluding carboxylic acids is 1. The van der Waals surface area contributed by atoms with Crippen molar-refractivity contribution in [1.29, 1.82) is 0 Å². The molecule has 0 saturated carbocycles. The number of hydrogen-bond acceptors (Lipinski definition) is 2. The maximum absolute atomic E-state index is 10.4. The lowest BCUT2D eigenvalue weighted by Crippen LogP contribution is -2.18. The summed E-state index contributed by atoms with van der Waals surface area (Å²) in [4.78, 5) is 14.0. The standard InChI is InChI=1S/C7H10N2O.C2H6/c1-4-8-5-6(2)9-7(3)10;1-2/h4-5H,1-2H2,3H3,(H,9,10);1-2H3. The highest BCUT2D eigenvalue weighted by atomic mass is 16.1. The van der Waals surface area contributed by atoms with E-state index in [4.69, 9.17) is 0 Å². The summed E-state index contributed by atoms with van der Waals surface area (Å²) >= 11 is 0. The number of carbonyl (C=O) groups is 1. The average Bonchev–Trinajstić information content (AvgIpc) is 2.03. The molecule has 0 saturated heterocycles. The lowest BCUT2D eigenvalue weighted by atomic mass is 10.5. The molecule has 1 N–H and O–H groups in total. The smallest absolute Gasteiger partial charge is 0.221 e. The van der Waals surface area contributed by atoms with Gasteiger partial charge in [-0.3, -0.25) is 9.79 Å². The number of amides is 1. The summed E-state index contributed by atoms with van der Waals surface area (Å²) in [6.45, 7) is 12.3. The van der Waals surface area contributed by atoms with E-state index < -0.39 is 0 Å². The highest BCUT2D eigenvalue weighted by Gasteiger charge is 1.89. The summed E-state index contributed by atoms with van der Waals surface area (Å²) in [5.74, 6) is -0.152. The predicted octanol–water partition coefficient (Wildman–Crippen LogP) is 1.88. The molecule has 0 radical (unpaired) electrons. The fraction of sp³-hybridized carbons (Fsp3) is 0.333. The lowest BCUT2D eigenvalue weighted by molar-refractivity contribution is -0.118. The second kappa shape index (κ2) is 9.62. The minimum atomic E-state index is -0.152. The van der Waals surface area contributed by atoms with E-state index in [-0.39, 0.29) is 5.91 Å². The molecule has 0 bridgehead atoms. The van der Waals surface area contributed by atoms with Crippen LogP contribution in [0.1, 0.15) is 20.8 Å². The van der Waals surface area contributed by atoms with Crippen molar-refractivity contribution in [1.82, 2.24) is 5.32 Å². The first-order valence-electron chi connectivity index (χ1n) is 3.77. The Hall–Kier alpha value is -1.38. The van der Waals surface area contributed by atoms with Crippen LogP contribution in [0.2, 0.25) is 0 Å². The van der Waals surface area contributed by atoms with Crippen LogP contribution in [0.25, 0.3) is 0 Å². The van der Waals surface area contributed by atoms with Crippen molar-refractivity contribution in [2.75, 3.05) is 0 Å². The maximum atomic E-state index is 10.4. The molecule has 0 aliphatic heterocycles. The molecule has 0 aromatic carbocycles. The number of nitrogens with one attached hydrogen (secondary N) is 1. The first kappa shape index (κ1) is 13.2. The molecule has 0 fully saturated rings. The van der Waals surface area contributed by atoms with Crippen molar-refractivity contribution in [2.24, 2.45) is 4.99 Å². The molecule has 3 nitrogen and oxygen atoms in total. The van der Waals surface area contributed by atoms with Gasteiger partial charge >= 0.3 is 0 Å². The lowest BCUT2D eigenvalue weighted by Gasteiger charge is -1.96. The van der Waals surface area contributed by atoms with E-state index in [1.54, 1.807) is 0 Å². The maximum Gasteiger partial charge on any atom is 0.221 e. The SMILES string of the molecule is C=CN=CC(=C)NC(C)=O.CC. The van der Waals surface area contributed by atoms with Crippen LogP contribution in [0.5, 0.6) is 0 Å². The molecule has 3 heteroatoms. The van der Waals surface area contributed by atoms with Gasteiger partial charge in [0.1, 0.15) is 0 Å². The van der Waals surface area contributed by atoms with Gasteiger partial charge in [0.15, 0.2) is 0 Å². The van der Waals surface area contributed by atoms with Crippen molar-refractivity contribution in [3.63, 3.8) is 0 Å². The van der Waals surface area contributed by atoms with E-state index in [1.165, 1.54) is 19.3 Å². The van der Waals surface area contributed by atoms with Gasteiger partial charge in [-0.25, -0.2) is 0 Å². The van der Waals surface area contributed by atoms with Gasteiger partial charge < -0.3 is 5.32 Å². The Labute approximate surface area is 73.9 Å². The molecule has 0 aliphatic carbocycles. The van der Waals surface area contributed by atoms with Crippen molar-refractivity contribution in [2.45, 2.75) is 20.8 Å². The Morgan fingerprint density at radius 3 is 2.33 bits per heavy atom. The van der Waals surface area contributed by atoms with Crippen LogP contribution in [-0.4, -0.2) is 12.1 Å². The zero-order valence-electron chi connectivity index (χ0n) is 7.92. The summed E-state index contributed by atoms with van der Waals surface area (Å²) < 4.78 is 0. The zero-order chi connectivity index (χ0) is 9.98. The predicted molar refractivity (Wildman–Crippen MR) is 53.0 cm³/mol. The Bertz CT molecular complexity index is 183. The van der Waals surface area contributed by atoms with Gasteiger partial charge in [-0.2, -0.15) is 0 Å². The van der Waals surface area contributed by atoms with E-state index in [2.05, 4.69) is 23.5 Å². The fourth-order valence-corrected chi connectivity index (χ4v) is 0.401. The van der Waals surface area contributed by atoms with Crippen LogP contribution >= 0.6 is 0 Å². The monoisotopic (exact) mass is 168 g/mol. The number of rotatable bonds is 3. The van der Waals surface area contributed by atoms with Gasteiger partial charge in [-0.15, -0.1) is 0 Å². The third-order valence-electron chi connectivity index (χ3n) is 0.672. The van der Waals surface area contributed by atoms with Gasteiger partial charge in [0.05, 0.1) is 5.70 Å². The number of allylic oxidation sites excluding steroid dienone is 1. The van der Waals surface area contributed by atoms with Crippen molar-refractivity contribution >= 4 is 12.1 Å². The second-order valence-electron chi connectivity index (χ2n) is 1.67. The van der Waals surface area contributed by atoms with E-state index in [0.29, 0.717) is 5.70 Å². The molecule has 12 heavy (non-hydrogen) atoms. The van der Waals surface area contributed by atoms with Gasteiger partial charge in [0.25, 0.3) is 0 Å². The molecule has 0 aromatic rings. The Balaban J connectivity index is 0. The van der Waals surface area contributed by atoms with Gasteiger partial charge in [0, 0.05) is 19.3 Å². The molecule has 0 rings (SSSR count). The van der Waals surface area contributed by atoms with Crippen LogP contribution in [0, 0.1) is 0 Å². The molecule has 68 valence electrons. The van der Waals surface area contributed by atoms with Crippen molar-refractivity contribution in [3.05, 3.63) is 25.1 Å². The molecule has 0 unspecified atom stereocenters. The van der Waals surface area contributed by atoms with E-state index >= 15 is 0 Å². The summed E-state index contributed by atoms with van der Waals surface area (Å²) in [5.41, 5.74) is 0.465. The highest BCUT2D eigenvalue weighted by molar-refractivity contribution is 5.86. The Kier molecular flexibility index (Phi) is 10.6. The van der Waals surface area contributed by atoms with E-state index in [1.807, 2.05) is 13.8 Å². The average molecular weight is 168 g/mol. The Morgan fingerprint density at radius 2 is 2.00 bits per heavy atom. The summed E-state index contributed by atoms with van der Waals surface area (Å²) in [6, 6.07) is 0. The van der Waals surface area contributed by atoms with Gasteiger partial charge in [-0.05, 0) is 0 Å². The molecule has 0 atom stereocenters. The first-order chi connectivity index (χ1) is 5.66. The van der Waals surface area contributed by atoms with E-state index in [0.717, 1.165) is 0 Å². The minimum absolute atomic E-state index is 0.152. The van der Waals surface area contributed by atoms with Gasteiger partial charge in [-0.1, -0.05) is 27.0 Å². The van der Waals surface area contributed by atoms with Crippen LogP contribution < -0.4 is 5.32 Å². The molecular formula is C9H16N2O. The highest BCUT2D eigenvalue weighted by Crippen LogP contribution is 1.78.